The highest BCUT2D eigenvalue weighted by molar-refractivity contribution is 5.80. The van der Waals surface area contributed by atoms with Crippen LogP contribution in [0.1, 0.15) is 81.6 Å². The molecule has 7 N–H and O–H groups in total. The first-order chi connectivity index (χ1) is 26.8. The Bertz CT molecular complexity index is 1880. The largest absolute Gasteiger partial charge is 0.481 e. The van der Waals surface area contributed by atoms with E-state index in [1.165, 1.54) is 0 Å². The molecule has 0 radical (unpaired) electrons. The second kappa shape index (κ2) is 17.5. The van der Waals surface area contributed by atoms with E-state index in [-0.39, 0.29) is 41.0 Å². The zero-order valence-corrected chi connectivity index (χ0v) is 32.2. The average molecular weight is 773 g/mol. The third kappa shape index (κ3) is 9.79. The highest BCUT2D eigenvalue weighted by Gasteiger charge is 2.48. The van der Waals surface area contributed by atoms with Gasteiger partial charge >= 0.3 is 11.9 Å². The molecule has 56 heavy (non-hydrogen) atoms. The molecule has 19 nitrogen and oxygen atoms in total. The van der Waals surface area contributed by atoms with Gasteiger partial charge < -0.3 is 31.1 Å². The number of aromatic nitrogens is 10. The standard InChI is InChI=1S/C20H27N7O3.C17H25N7O2/c1-12(2)5-15(19(29)30)14(18-23-25-26-24-18)6-13-3-4-16(21-8-13)27-10-20(11-27)7-17(28)22-9-20;1-10(2)5-14(17(25)26)13(16-20-22-23-21-16)6-11-3-4-15(19-7-11)24-8-12(18)9-24/h3-4,8,12,14-15H,5-7,9-11H2,1-2H3,(H,22,28)(H,29,30)(H,23,24,25,26);3-4,7,10,12-14H,5-6,8-9,18H2,1-2H3,(H,25,26)(H,20,21,22,23)/t14-,15-;13-,14-/m00/s1. The van der Waals surface area contributed by atoms with Crippen LogP contribution < -0.4 is 20.9 Å². The Balaban J connectivity index is 0.000000192. The van der Waals surface area contributed by atoms with E-state index in [1.54, 1.807) is 12.4 Å². The van der Waals surface area contributed by atoms with Crippen molar-refractivity contribution in [3.63, 3.8) is 0 Å². The number of nitrogens with one attached hydrogen (secondary N) is 3. The Labute approximate surface area is 324 Å². The summed E-state index contributed by atoms with van der Waals surface area (Å²) in [6, 6.07) is 8.08. The molecule has 3 aliphatic rings. The molecule has 0 unspecified atom stereocenters. The van der Waals surface area contributed by atoms with Crippen molar-refractivity contribution in [3.05, 3.63) is 59.4 Å². The van der Waals surface area contributed by atoms with Crippen LogP contribution in [0.2, 0.25) is 0 Å². The van der Waals surface area contributed by atoms with E-state index in [0.29, 0.717) is 43.8 Å². The molecule has 1 amide bonds. The summed E-state index contributed by atoms with van der Waals surface area (Å²) in [5.74, 6) is -0.422. The van der Waals surface area contributed by atoms with E-state index < -0.39 is 23.8 Å². The number of nitrogens with two attached hydrogens (primary N) is 1. The third-order valence-electron chi connectivity index (χ3n) is 10.8. The second-order valence-electron chi connectivity index (χ2n) is 16.3. The number of aliphatic carboxylic acids is 2. The van der Waals surface area contributed by atoms with Crippen molar-refractivity contribution >= 4 is 29.5 Å². The number of H-pyrrole nitrogens is 2. The predicted molar refractivity (Wildman–Crippen MR) is 203 cm³/mol. The van der Waals surface area contributed by atoms with Gasteiger partial charge in [-0.3, -0.25) is 14.4 Å². The SMILES string of the molecule is CC(C)C[C@H](C(=O)O)[C@H](Cc1ccc(N2CC(N)C2)nc1)c1nn[nH]n1.CC(C)C[C@H](C(=O)O)[C@H](Cc1ccc(N2CC3(CNC(=O)C3)C2)nc1)c1nn[nH]n1. The fraction of sp³-hybridized carbons (Fsp3) is 0.595. The van der Waals surface area contributed by atoms with E-state index in [4.69, 9.17) is 5.73 Å². The van der Waals surface area contributed by atoms with Gasteiger partial charge in [0.15, 0.2) is 11.6 Å². The van der Waals surface area contributed by atoms with Gasteiger partial charge in [0.25, 0.3) is 0 Å². The summed E-state index contributed by atoms with van der Waals surface area (Å²) < 4.78 is 0. The summed E-state index contributed by atoms with van der Waals surface area (Å²) in [5, 5.41) is 50.8. The molecule has 19 heteroatoms. The number of tetrazole rings is 2. The van der Waals surface area contributed by atoms with Crippen LogP contribution >= 0.6 is 0 Å². The summed E-state index contributed by atoms with van der Waals surface area (Å²) in [6.07, 6.45) is 6.21. The van der Waals surface area contributed by atoms with Gasteiger partial charge in [-0.15, -0.1) is 20.4 Å². The number of aromatic amines is 2. The van der Waals surface area contributed by atoms with Crippen molar-refractivity contribution in [1.29, 1.82) is 0 Å². The van der Waals surface area contributed by atoms with Crippen molar-refractivity contribution in [1.82, 2.24) is 56.5 Å². The minimum Gasteiger partial charge on any atom is -0.481 e. The van der Waals surface area contributed by atoms with Crippen LogP contribution in [0.25, 0.3) is 0 Å². The molecule has 4 atom stereocenters. The monoisotopic (exact) mass is 772 g/mol. The van der Waals surface area contributed by atoms with Crippen LogP contribution in [-0.4, -0.2) is 118 Å². The third-order valence-corrected chi connectivity index (χ3v) is 10.8. The van der Waals surface area contributed by atoms with Crippen molar-refractivity contribution in [2.75, 3.05) is 42.5 Å². The normalized spacial score (nSPS) is 18.4. The van der Waals surface area contributed by atoms with Gasteiger partial charge in [0.2, 0.25) is 5.91 Å². The Kier molecular flexibility index (Phi) is 12.5. The maximum absolute atomic E-state index is 12.0. The van der Waals surface area contributed by atoms with Crippen molar-refractivity contribution in [2.24, 2.45) is 34.8 Å². The first kappa shape index (κ1) is 40.1. The smallest absolute Gasteiger partial charge is 0.307 e. The average Bonchev–Trinajstić information content (AvgIpc) is 3.93. The zero-order chi connectivity index (χ0) is 40.0. The summed E-state index contributed by atoms with van der Waals surface area (Å²) in [7, 11) is 0. The number of hydrogen-bond donors (Lipinski definition) is 6. The van der Waals surface area contributed by atoms with Gasteiger partial charge in [-0.1, -0.05) is 50.3 Å². The Hall–Kier alpha value is -5.59. The number of carboxylic acid groups (broad SMARTS) is 2. The van der Waals surface area contributed by atoms with Gasteiger partial charge in [0.05, 0.1) is 11.8 Å². The summed E-state index contributed by atoms with van der Waals surface area (Å²) in [5.41, 5.74) is 7.73. The topological polar surface area (TPSA) is 271 Å². The predicted octanol–water partition coefficient (Wildman–Crippen LogP) is 1.81. The fourth-order valence-electron chi connectivity index (χ4n) is 7.93. The van der Waals surface area contributed by atoms with Crippen LogP contribution in [0.15, 0.2) is 36.7 Å². The summed E-state index contributed by atoms with van der Waals surface area (Å²) >= 11 is 0. The first-order valence-corrected chi connectivity index (χ1v) is 19.1. The van der Waals surface area contributed by atoms with E-state index in [2.05, 4.69) is 66.3 Å². The van der Waals surface area contributed by atoms with Crippen LogP contribution in [0.3, 0.4) is 0 Å². The maximum atomic E-state index is 12.0. The molecule has 3 fully saturated rings. The van der Waals surface area contributed by atoms with Crippen molar-refractivity contribution < 1.29 is 24.6 Å². The number of rotatable bonds is 16. The molecule has 7 heterocycles. The van der Waals surface area contributed by atoms with Gasteiger partial charge in [0.1, 0.15) is 11.6 Å². The molecule has 4 aromatic rings. The van der Waals surface area contributed by atoms with Gasteiger partial charge in [-0.25, -0.2) is 9.97 Å². The number of hydrogen-bond acceptors (Lipinski definition) is 14. The van der Waals surface area contributed by atoms with Crippen molar-refractivity contribution in [2.45, 2.75) is 77.7 Å². The zero-order valence-electron chi connectivity index (χ0n) is 32.2. The van der Waals surface area contributed by atoms with Gasteiger partial charge in [-0.2, -0.15) is 10.4 Å². The Morgan fingerprint density at radius 3 is 1.62 bits per heavy atom. The van der Waals surface area contributed by atoms with Gasteiger partial charge in [-0.05, 0) is 60.8 Å². The molecule has 3 saturated heterocycles. The number of nitrogens with zero attached hydrogens (tertiary/aromatic N) is 10. The number of amides is 1. The van der Waals surface area contributed by atoms with E-state index in [1.807, 2.05) is 52.0 Å². The second-order valence-corrected chi connectivity index (χ2v) is 16.3. The Morgan fingerprint density at radius 1 is 0.804 bits per heavy atom. The Morgan fingerprint density at radius 2 is 1.29 bits per heavy atom. The number of carbonyl (C=O) groups is 3. The lowest BCUT2D eigenvalue weighted by atomic mass is 9.79. The van der Waals surface area contributed by atoms with Crippen LogP contribution in [0.4, 0.5) is 11.6 Å². The fourth-order valence-corrected chi connectivity index (χ4v) is 7.93. The van der Waals surface area contributed by atoms with Gasteiger partial charge in [0, 0.05) is 74.8 Å². The molecule has 3 aliphatic heterocycles. The number of anilines is 2. The molecule has 1 spiro atoms. The van der Waals surface area contributed by atoms with Crippen LogP contribution in [0.5, 0.6) is 0 Å². The lowest BCUT2D eigenvalue weighted by Crippen LogP contribution is -2.57. The minimum atomic E-state index is -0.853. The highest BCUT2D eigenvalue weighted by Crippen LogP contribution is 2.39. The number of carbonyl (C=O) groups excluding carboxylic acids is 1. The maximum Gasteiger partial charge on any atom is 0.307 e. The van der Waals surface area contributed by atoms with E-state index in [0.717, 1.165) is 55.5 Å². The molecule has 0 bridgehead atoms. The molecule has 4 aromatic heterocycles. The van der Waals surface area contributed by atoms with Crippen molar-refractivity contribution in [3.8, 4) is 0 Å². The highest BCUT2D eigenvalue weighted by atomic mass is 16.4. The molecule has 0 saturated carbocycles. The van der Waals surface area contributed by atoms with Crippen LogP contribution in [0, 0.1) is 29.1 Å². The summed E-state index contributed by atoms with van der Waals surface area (Å²) in [4.78, 5) is 48.7. The van der Waals surface area contributed by atoms with Crippen LogP contribution in [-0.2, 0) is 27.2 Å². The number of carboxylic acids is 2. The summed E-state index contributed by atoms with van der Waals surface area (Å²) in [6.45, 7) is 12.0. The molecule has 300 valence electrons. The first-order valence-electron chi connectivity index (χ1n) is 19.1. The lowest BCUT2D eigenvalue weighted by Gasteiger charge is -2.47. The molecule has 0 aromatic carbocycles. The lowest BCUT2D eigenvalue weighted by molar-refractivity contribution is -0.144. The minimum absolute atomic E-state index is 0.0483. The molecular formula is C37H52N14O5. The molecule has 0 aliphatic carbocycles. The molecular weight excluding hydrogens is 720 g/mol. The number of pyridine rings is 2. The quantitative estimate of drug-likeness (QED) is 0.0948. The van der Waals surface area contributed by atoms with E-state index in [9.17, 15) is 24.6 Å². The molecule has 7 rings (SSSR count). The van der Waals surface area contributed by atoms with E-state index >= 15 is 0 Å².